The van der Waals surface area contributed by atoms with Crippen LogP contribution in [-0.2, 0) is 4.79 Å². The van der Waals surface area contributed by atoms with Crippen molar-refractivity contribution in [1.82, 2.24) is 25.6 Å². The Morgan fingerprint density at radius 2 is 1.95 bits per heavy atom. The highest BCUT2D eigenvalue weighted by atomic mass is 19.3. The number of ether oxygens (including phenoxy) is 1. The molecule has 5 rings (SSSR count). The van der Waals surface area contributed by atoms with Gasteiger partial charge in [-0.05, 0) is 56.7 Å². The lowest BCUT2D eigenvalue weighted by Crippen LogP contribution is -2.50. The zero-order valence-corrected chi connectivity index (χ0v) is 21.9. The van der Waals surface area contributed by atoms with Gasteiger partial charge in [-0.3, -0.25) is 9.59 Å². The van der Waals surface area contributed by atoms with E-state index in [4.69, 9.17) is 4.74 Å². The molecule has 2 aliphatic rings. The Bertz CT molecular complexity index is 1370. The second kappa shape index (κ2) is 11.2. The molecule has 3 atom stereocenters. The highest BCUT2D eigenvalue weighted by Crippen LogP contribution is 2.38. The summed E-state index contributed by atoms with van der Waals surface area (Å²) in [6.07, 6.45) is 0.828. The van der Waals surface area contributed by atoms with Crippen LogP contribution in [0.4, 0.5) is 13.2 Å². The van der Waals surface area contributed by atoms with Crippen molar-refractivity contribution < 1.29 is 27.5 Å². The molecule has 8 nitrogen and oxygen atoms in total. The van der Waals surface area contributed by atoms with Crippen LogP contribution in [0, 0.1) is 12.8 Å². The van der Waals surface area contributed by atoms with Crippen molar-refractivity contribution >= 4 is 22.8 Å². The van der Waals surface area contributed by atoms with Gasteiger partial charge in [0.15, 0.2) is 0 Å². The van der Waals surface area contributed by atoms with Crippen LogP contribution < -0.4 is 15.4 Å². The van der Waals surface area contributed by atoms with Crippen molar-refractivity contribution in [3.8, 4) is 17.0 Å². The van der Waals surface area contributed by atoms with Crippen molar-refractivity contribution in [1.29, 1.82) is 0 Å². The van der Waals surface area contributed by atoms with Crippen LogP contribution in [-0.4, -0.2) is 51.6 Å². The third-order valence-corrected chi connectivity index (χ3v) is 7.46. The van der Waals surface area contributed by atoms with Gasteiger partial charge in [0, 0.05) is 35.7 Å². The molecule has 3 N–H and O–H groups in total. The first-order valence-electron chi connectivity index (χ1n) is 13.4. The number of hydrogen-bond acceptors (Lipinski definition) is 5. The highest BCUT2D eigenvalue weighted by molar-refractivity contribution is 6.09. The van der Waals surface area contributed by atoms with Gasteiger partial charge < -0.3 is 20.4 Å². The lowest BCUT2D eigenvalue weighted by molar-refractivity contribution is -0.121. The number of aromatic nitrogens is 3. The summed E-state index contributed by atoms with van der Waals surface area (Å²) in [5, 5.41) is 5.61. The molecule has 0 bridgehead atoms. The Hall–Kier alpha value is -3.63. The van der Waals surface area contributed by atoms with Crippen molar-refractivity contribution in [2.24, 2.45) is 5.92 Å². The average Bonchev–Trinajstić information content (AvgIpc) is 3.68. The lowest BCUT2D eigenvalue weighted by atomic mass is 9.89. The van der Waals surface area contributed by atoms with Crippen molar-refractivity contribution in [3.05, 3.63) is 41.3 Å². The number of hydrogen-bond donors (Lipinski definition) is 3. The van der Waals surface area contributed by atoms with Gasteiger partial charge in [-0.1, -0.05) is 6.92 Å². The van der Waals surface area contributed by atoms with Gasteiger partial charge in [0.1, 0.15) is 29.5 Å². The van der Waals surface area contributed by atoms with Crippen molar-refractivity contribution in [2.45, 2.75) is 77.1 Å². The summed E-state index contributed by atoms with van der Waals surface area (Å²) >= 11 is 0. The smallest absolute Gasteiger partial charge is 0.263 e. The molecule has 1 aromatic carbocycles. The molecule has 2 fully saturated rings. The quantitative estimate of drug-likeness (QED) is 0.345. The maximum absolute atomic E-state index is 15.0. The number of nitrogens with one attached hydrogen (secondary N) is 3. The number of nitrogens with zero attached hydrogens (tertiary/aromatic N) is 2. The number of aromatic amines is 1. The molecule has 2 heterocycles. The van der Waals surface area contributed by atoms with Crippen LogP contribution in [0.15, 0.2) is 24.5 Å². The molecule has 3 aromatic rings. The number of carbonyl (C=O) groups is 2. The van der Waals surface area contributed by atoms with Crippen LogP contribution >= 0.6 is 0 Å². The third-order valence-electron chi connectivity index (χ3n) is 7.46. The highest BCUT2D eigenvalue weighted by Gasteiger charge is 2.33. The number of halogens is 3. The number of H-pyrrole nitrogens is 1. The topological polar surface area (TPSA) is 109 Å². The molecule has 0 aliphatic heterocycles. The largest absolute Gasteiger partial charge is 0.493 e. The van der Waals surface area contributed by atoms with Gasteiger partial charge in [0.2, 0.25) is 5.91 Å². The summed E-state index contributed by atoms with van der Waals surface area (Å²) in [5.41, 5.74) is 2.00. The molecule has 0 radical (unpaired) electrons. The standard InChI is InChI=1S/C28H32F3N5O3/c1-3-22(37)35-17-7-8-20(19(29)11-17)36-28(38)23-14(2)34-26-24(32-13-33-25(23)26)18-10-16(27(30)31)6-9-21(18)39-12-15-4-5-15/h6,9-10,13,15,17,19-20,27,34H,3-5,7-8,11-12H2,1-2H3,(H,35,37)(H,36,38)/t17-,19+,20+/m1/s1. The monoisotopic (exact) mass is 543 g/mol. The molecule has 0 spiro atoms. The molecule has 0 saturated heterocycles. The van der Waals surface area contributed by atoms with Crippen molar-refractivity contribution in [3.63, 3.8) is 0 Å². The molecule has 208 valence electrons. The molecule has 11 heteroatoms. The van der Waals surface area contributed by atoms with E-state index < -0.39 is 24.5 Å². The second-order valence-electron chi connectivity index (χ2n) is 10.4. The lowest BCUT2D eigenvalue weighted by Gasteiger charge is -2.32. The minimum absolute atomic E-state index is 0.125. The van der Waals surface area contributed by atoms with Gasteiger partial charge in [-0.25, -0.2) is 23.1 Å². The summed E-state index contributed by atoms with van der Waals surface area (Å²) in [6, 6.07) is 3.25. The predicted molar refractivity (Wildman–Crippen MR) is 139 cm³/mol. The fourth-order valence-corrected chi connectivity index (χ4v) is 5.07. The number of benzene rings is 1. The van der Waals surface area contributed by atoms with E-state index in [0.717, 1.165) is 12.8 Å². The Kier molecular flexibility index (Phi) is 7.76. The Morgan fingerprint density at radius 1 is 1.15 bits per heavy atom. The minimum atomic E-state index is -2.68. The van der Waals surface area contributed by atoms with Crippen LogP contribution in [0.1, 0.15) is 73.5 Å². The Morgan fingerprint density at radius 3 is 2.64 bits per heavy atom. The van der Waals surface area contributed by atoms with E-state index in [-0.39, 0.29) is 29.5 Å². The van der Waals surface area contributed by atoms with Gasteiger partial charge in [0.25, 0.3) is 12.3 Å². The number of alkyl halides is 3. The first kappa shape index (κ1) is 27.0. The van der Waals surface area contributed by atoms with E-state index in [9.17, 15) is 22.8 Å². The van der Waals surface area contributed by atoms with Gasteiger partial charge in [0.05, 0.1) is 23.7 Å². The van der Waals surface area contributed by atoms with E-state index in [0.29, 0.717) is 65.5 Å². The van der Waals surface area contributed by atoms with Gasteiger partial charge in [-0.2, -0.15) is 0 Å². The molecular weight excluding hydrogens is 511 g/mol. The Labute approximate surface area is 224 Å². The fourth-order valence-electron chi connectivity index (χ4n) is 5.07. The van der Waals surface area contributed by atoms with E-state index in [2.05, 4.69) is 25.6 Å². The van der Waals surface area contributed by atoms with Crippen LogP contribution in [0.2, 0.25) is 0 Å². The van der Waals surface area contributed by atoms with Gasteiger partial charge in [-0.15, -0.1) is 0 Å². The predicted octanol–water partition coefficient (Wildman–Crippen LogP) is 5.17. The van der Waals surface area contributed by atoms with Crippen LogP contribution in [0.3, 0.4) is 0 Å². The molecule has 2 saturated carbocycles. The normalized spacial score (nSPS) is 21.2. The Balaban J connectivity index is 1.42. The minimum Gasteiger partial charge on any atom is -0.493 e. The SMILES string of the molecule is CCC(=O)N[C@@H]1CC[C@H](NC(=O)c2c(C)[nH]c3c(-c4cc(C(F)F)ccc4OCC4CC4)ncnc23)[C@@H](F)C1. The van der Waals surface area contributed by atoms with E-state index in [1.807, 2.05) is 0 Å². The van der Waals surface area contributed by atoms with E-state index in [1.165, 1.54) is 24.5 Å². The summed E-state index contributed by atoms with van der Waals surface area (Å²) in [7, 11) is 0. The van der Waals surface area contributed by atoms with E-state index in [1.54, 1.807) is 13.8 Å². The van der Waals surface area contributed by atoms with Crippen molar-refractivity contribution in [2.75, 3.05) is 6.61 Å². The maximum Gasteiger partial charge on any atom is 0.263 e. The molecule has 0 unspecified atom stereocenters. The van der Waals surface area contributed by atoms with Gasteiger partial charge >= 0.3 is 0 Å². The molecular formula is C28H32F3N5O3. The summed E-state index contributed by atoms with van der Waals surface area (Å²) < 4.78 is 48.1. The van der Waals surface area contributed by atoms with Crippen LogP contribution in [0.25, 0.3) is 22.3 Å². The first-order valence-corrected chi connectivity index (χ1v) is 13.4. The summed E-state index contributed by atoms with van der Waals surface area (Å²) in [4.78, 5) is 36.8. The number of amides is 2. The van der Waals surface area contributed by atoms with Crippen LogP contribution in [0.5, 0.6) is 5.75 Å². The zero-order valence-electron chi connectivity index (χ0n) is 21.9. The summed E-state index contributed by atoms with van der Waals surface area (Å²) in [6.45, 7) is 3.93. The fraction of sp³-hybridized carbons (Fsp3) is 0.500. The van der Waals surface area contributed by atoms with E-state index >= 15 is 0 Å². The number of fused-ring (bicyclic) bond motifs is 1. The second-order valence-corrected chi connectivity index (χ2v) is 10.4. The number of rotatable bonds is 9. The molecule has 2 amide bonds. The third kappa shape index (κ3) is 5.86. The number of aryl methyl sites for hydroxylation is 1. The maximum atomic E-state index is 15.0. The number of carbonyl (C=O) groups excluding carboxylic acids is 2. The first-order chi connectivity index (χ1) is 18.7. The molecule has 2 aromatic heterocycles. The average molecular weight is 544 g/mol. The molecule has 2 aliphatic carbocycles. The molecule has 39 heavy (non-hydrogen) atoms. The zero-order chi connectivity index (χ0) is 27.7. The summed E-state index contributed by atoms with van der Waals surface area (Å²) in [5.74, 6) is 0.272.